The highest BCUT2D eigenvalue weighted by Gasteiger charge is 2.12. The summed E-state index contributed by atoms with van der Waals surface area (Å²) in [5, 5.41) is 10.9. The molecule has 0 aliphatic carbocycles. The Bertz CT molecular complexity index is 1250. The van der Waals surface area contributed by atoms with Gasteiger partial charge in [-0.2, -0.15) is 0 Å². The molecular formula is C23H14FNO5. The summed E-state index contributed by atoms with van der Waals surface area (Å²) in [5.41, 5.74) is 1.18. The Morgan fingerprint density at radius 2 is 1.63 bits per heavy atom. The van der Waals surface area contributed by atoms with Gasteiger partial charge in [0, 0.05) is 23.3 Å². The van der Waals surface area contributed by atoms with Crippen molar-refractivity contribution in [2.75, 3.05) is 0 Å². The molecule has 0 spiro atoms. The Morgan fingerprint density at radius 1 is 0.900 bits per heavy atom. The lowest BCUT2D eigenvalue weighted by Crippen LogP contribution is -1.90. The Morgan fingerprint density at radius 3 is 2.40 bits per heavy atom. The van der Waals surface area contributed by atoms with Crippen molar-refractivity contribution in [2.45, 2.75) is 0 Å². The molecule has 7 heteroatoms. The van der Waals surface area contributed by atoms with Gasteiger partial charge in [-0.15, -0.1) is 0 Å². The number of ketones is 1. The first kappa shape index (κ1) is 19.1. The van der Waals surface area contributed by atoms with Gasteiger partial charge in [-0.25, -0.2) is 4.39 Å². The quantitative estimate of drug-likeness (QED) is 0.167. The van der Waals surface area contributed by atoms with Gasteiger partial charge in [0.15, 0.2) is 5.76 Å². The zero-order valence-corrected chi connectivity index (χ0v) is 15.4. The molecule has 4 rings (SSSR count). The molecule has 0 aliphatic rings. The van der Waals surface area contributed by atoms with Crippen LogP contribution in [-0.4, -0.2) is 10.7 Å². The van der Waals surface area contributed by atoms with Crippen molar-refractivity contribution in [3.8, 4) is 22.6 Å². The molecule has 0 radical (unpaired) electrons. The minimum Gasteiger partial charge on any atom is -0.457 e. The predicted molar refractivity (Wildman–Crippen MR) is 108 cm³/mol. The number of hydrogen-bond acceptors (Lipinski definition) is 5. The standard InChI is InChI=1S/C23H14FNO5/c24-17-6-4-15(5-7-17)21-12-13-23(30-21)20(26)10-8-19-9-11-22(29-19)16-2-1-3-18(14-16)25(27)28/h1-14H. The number of benzene rings is 2. The van der Waals surface area contributed by atoms with Crippen LogP contribution in [0.15, 0.2) is 87.7 Å². The number of halogens is 1. The molecule has 148 valence electrons. The Labute approximate surface area is 170 Å². The molecule has 2 heterocycles. The van der Waals surface area contributed by atoms with E-state index in [-0.39, 0.29) is 23.0 Å². The molecule has 0 saturated carbocycles. The van der Waals surface area contributed by atoms with Crippen LogP contribution in [0, 0.1) is 15.9 Å². The number of furan rings is 2. The van der Waals surface area contributed by atoms with Gasteiger partial charge >= 0.3 is 0 Å². The zero-order valence-electron chi connectivity index (χ0n) is 15.4. The van der Waals surface area contributed by atoms with Crippen LogP contribution >= 0.6 is 0 Å². The average Bonchev–Trinajstić information content (AvgIpc) is 3.43. The van der Waals surface area contributed by atoms with Crippen molar-refractivity contribution in [1.29, 1.82) is 0 Å². The molecule has 0 fully saturated rings. The van der Waals surface area contributed by atoms with E-state index in [1.54, 1.807) is 48.5 Å². The topological polar surface area (TPSA) is 86.5 Å². The number of hydrogen-bond donors (Lipinski definition) is 0. The second-order valence-corrected chi connectivity index (χ2v) is 6.38. The number of carbonyl (C=O) groups excluding carboxylic acids is 1. The summed E-state index contributed by atoms with van der Waals surface area (Å²) < 4.78 is 24.2. The fourth-order valence-electron chi connectivity index (χ4n) is 2.85. The van der Waals surface area contributed by atoms with Crippen molar-refractivity contribution in [3.63, 3.8) is 0 Å². The highest BCUT2D eigenvalue weighted by Crippen LogP contribution is 2.27. The highest BCUT2D eigenvalue weighted by atomic mass is 19.1. The third-order valence-electron chi connectivity index (χ3n) is 4.34. The zero-order chi connectivity index (χ0) is 21.1. The Kier molecular flexibility index (Phi) is 5.09. The summed E-state index contributed by atoms with van der Waals surface area (Å²) in [6, 6.07) is 18.4. The maximum absolute atomic E-state index is 13.0. The number of allylic oxidation sites excluding steroid dienone is 1. The van der Waals surface area contributed by atoms with Gasteiger partial charge in [0.25, 0.3) is 5.69 Å². The van der Waals surface area contributed by atoms with E-state index >= 15 is 0 Å². The molecular weight excluding hydrogens is 389 g/mol. The number of non-ortho nitro benzene ring substituents is 1. The number of rotatable bonds is 6. The van der Waals surface area contributed by atoms with Crippen LogP contribution in [0.2, 0.25) is 0 Å². The lowest BCUT2D eigenvalue weighted by atomic mass is 10.1. The molecule has 30 heavy (non-hydrogen) atoms. The Hall–Kier alpha value is -4.26. The van der Waals surface area contributed by atoms with Gasteiger partial charge < -0.3 is 8.83 Å². The predicted octanol–water partition coefficient (Wildman–Crippen LogP) is 6.15. The first-order chi connectivity index (χ1) is 14.5. The van der Waals surface area contributed by atoms with Crippen LogP contribution in [0.1, 0.15) is 16.3 Å². The minimum atomic E-state index is -0.477. The molecule has 0 aliphatic heterocycles. The molecule has 6 nitrogen and oxygen atoms in total. The van der Waals surface area contributed by atoms with Crippen molar-refractivity contribution < 1.29 is 22.9 Å². The van der Waals surface area contributed by atoms with Crippen LogP contribution in [0.4, 0.5) is 10.1 Å². The number of nitrogens with zero attached hydrogens (tertiary/aromatic N) is 1. The third kappa shape index (κ3) is 4.10. The van der Waals surface area contributed by atoms with Gasteiger partial charge in [0.1, 0.15) is 23.1 Å². The highest BCUT2D eigenvalue weighted by molar-refractivity contribution is 6.05. The normalized spacial score (nSPS) is 11.1. The molecule has 4 aromatic rings. The van der Waals surface area contributed by atoms with E-state index in [0.717, 1.165) is 0 Å². The van der Waals surface area contributed by atoms with E-state index in [1.165, 1.54) is 36.4 Å². The molecule has 0 amide bonds. The lowest BCUT2D eigenvalue weighted by molar-refractivity contribution is -0.384. The Balaban J connectivity index is 1.48. The first-order valence-electron chi connectivity index (χ1n) is 8.92. The third-order valence-corrected chi connectivity index (χ3v) is 4.34. The molecule has 2 aromatic carbocycles. The number of nitro groups is 1. The summed E-state index contributed by atoms with van der Waals surface area (Å²) in [5.74, 6) is 0.732. The van der Waals surface area contributed by atoms with E-state index in [1.807, 2.05) is 0 Å². The second kappa shape index (κ2) is 8.00. The van der Waals surface area contributed by atoms with Crippen LogP contribution in [0.25, 0.3) is 28.7 Å². The number of nitro benzene ring substituents is 1. The fraction of sp³-hybridized carbons (Fsp3) is 0. The molecule has 0 atom stereocenters. The summed E-state index contributed by atoms with van der Waals surface area (Å²) in [7, 11) is 0. The van der Waals surface area contributed by atoms with Crippen LogP contribution < -0.4 is 0 Å². The van der Waals surface area contributed by atoms with Gasteiger partial charge in [-0.05, 0) is 60.7 Å². The van der Waals surface area contributed by atoms with Crippen LogP contribution in [0.5, 0.6) is 0 Å². The van der Waals surface area contributed by atoms with Crippen molar-refractivity contribution in [1.82, 2.24) is 0 Å². The van der Waals surface area contributed by atoms with E-state index in [0.29, 0.717) is 28.4 Å². The molecule has 0 unspecified atom stereocenters. The average molecular weight is 403 g/mol. The van der Waals surface area contributed by atoms with Crippen molar-refractivity contribution in [3.05, 3.63) is 106 Å². The maximum atomic E-state index is 13.0. The van der Waals surface area contributed by atoms with Crippen molar-refractivity contribution >= 4 is 17.5 Å². The van der Waals surface area contributed by atoms with Gasteiger partial charge in [-0.1, -0.05) is 12.1 Å². The van der Waals surface area contributed by atoms with Gasteiger partial charge in [0.05, 0.1) is 4.92 Å². The summed E-state index contributed by atoms with van der Waals surface area (Å²) in [4.78, 5) is 22.8. The van der Waals surface area contributed by atoms with Crippen LogP contribution in [-0.2, 0) is 0 Å². The van der Waals surface area contributed by atoms with E-state index in [9.17, 15) is 19.3 Å². The smallest absolute Gasteiger partial charge is 0.270 e. The van der Waals surface area contributed by atoms with E-state index in [2.05, 4.69) is 0 Å². The lowest BCUT2D eigenvalue weighted by Gasteiger charge is -1.97. The van der Waals surface area contributed by atoms with Gasteiger partial charge in [-0.3, -0.25) is 14.9 Å². The van der Waals surface area contributed by atoms with E-state index < -0.39 is 4.92 Å². The molecule has 0 saturated heterocycles. The monoisotopic (exact) mass is 403 g/mol. The van der Waals surface area contributed by atoms with Gasteiger partial charge in [0.2, 0.25) is 5.78 Å². The minimum absolute atomic E-state index is 0.0362. The molecule has 2 aromatic heterocycles. The van der Waals surface area contributed by atoms with Crippen molar-refractivity contribution in [2.24, 2.45) is 0 Å². The first-order valence-corrected chi connectivity index (χ1v) is 8.92. The number of carbonyl (C=O) groups is 1. The summed E-state index contributed by atoms with van der Waals surface area (Å²) in [6.07, 6.45) is 2.80. The fourth-order valence-corrected chi connectivity index (χ4v) is 2.85. The summed E-state index contributed by atoms with van der Waals surface area (Å²) >= 11 is 0. The second-order valence-electron chi connectivity index (χ2n) is 6.38. The summed E-state index contributed by atoms with van der Waals surface area (Å²) in [6.45, 7) is 0. The maximum Gasteiger partial charge on any atom is 0.270 e. The molecule has 0 N–H and O–H groups in total. The largest absolute Gasteiger partial charge is 0.457 e. The van der Waals surface area contributed by atoms with Crippen LogP contribution in [0.3, 0.4) is 0 Å². The molecule has 0 bridgehead atoms. The van der Waals surface area contributed by atoms with E-state index in [4.69, 9.17) is 8.83 Å². The SMILES string of the molecule is O=C(C=Cc1ccc(-c2cccc([N+](=O)[O-])c2)o1)c1ccc(-c2ccc(F)cc2)o1.